The van der Waals surface area contributed by atoms with E-state index in [2.05, 4.69) is 13.8 Å². The molecular weight excluding hydrogens is 672 g/mol. The maximum Gasteiger partial charge on any atom is 0.331 e. The number of rotatable bonds is 7. The summed E-state index contributed by atoms with van der Waals surface area (Å²) in [7, 11) is 1.55. The zero-order valence-electron chi connectivity index (χ0n) is 30.1. The number of esters is 1. The summed E-state index contributed by atoms with van der Waals surface area (Å²) in [4.78, 5) is 11.9. The van der Waals surface area contributed by atoms with Gasteiger partial charge in [-0.05, 0) is 87.0 Å². The summed E-state index contributed by atoms with van der Waals surface area (Å²) in [5.74, 6) is 0.0783. The van der Waals surface area contributed by atoms with Crippen LogP contribution in [0.25, 0.3) is 0 Å². The molecule has 0 bridgehead atoms. The molecule has 7 rings (SSSR count). The Morgan fingerprint density at radius 1 is 0.882 bits per heavy atom. The van der Waals surface area contributed by atoms with Gasteiger partial charge in [0.2, 0.25) is 0 Å². The minimum atomic E-state index is -1.56. The first-order valence-electron chi connectivity index (χ1n) is 18.3. The van der Waals surface area contributed by atoms with Gasteiger partial charge < -0.3 is 70.0 Å². The SMILES string of the molecule is CO[C@H]1C[C@H](O[C@H]2CC[C@]3(C)[C@H]4CC[C@]5(C)[C@@H](C6=CC(=O)OC6)CC[C@]5(O)[C@@H]4CC[C@]3(O)C2)O[C@H](C)[C@H]1O[C@@H]1O[C@H](CO)[C@@H](O)[C@H](O)[C@H]1O.O.O. The number of cyclic esters (lactones) is 1. The second-order valence-electron chi connectivity index (χ2n) is 16.6. The van der Waals surface area contributed by atoms with Crippen LogP contribution in [0.3, 0.4) is 0 Å². The van der Waals surface area contributed by atoms with E-state index in [0.717, 1.165) is 44.1 Å². The van der Waals surface area contributed by atoms with Crippen molar-refractivity contribution in [3.05, 3.63) is 11.6 Å². The standard InChI is InChI=1S/C36H56O13.2H2O/c1-18-31(49-32-30(41)29(40)28(39)25(16-37)48-32)24(44-4)14-27(46-18)47-20-5-9-33(2)22-6-10-34(3)21(19-13-26(38)45-17-19)8-12-36(34,43)23(22)7-11-35(33,42)15-20;;/h13,18,20-25,27-32,37,39-43H,5-12,14-17H2,1-4H3;2*1H2/t18-,20+,21-,22+,23-,24+,25-,27+,28-,29+,30-,31-,32+,33-,34-,35+,36+;;/m1../s1. The first-order chi connectivity index (χ1) is 23.2. The van der Waals surface area contributed by atoms with E-state index >= 15 is 0 Å². The molecule has 3 heterocycles. The fourth-order valence-corrected chi connectivity index (χ4v) is 11.5. The van der Waals surface area contributed by atoms with Crippen LogP contribution in [-0.2, 0) is 33.2 Å². The Balaban J connectivity index is 0.00000252. The highest BCUT2D eigenvalue weighted by molar-refractivity contribution is 5.85. The minimum absolute atomic E-state index is 0. The Hall–Kier alpha value is -1.31. The number of aliphatic hydroxyl groups excluding tert-OH is 4. The Kier molecular flexibility index (Phi) is 11.8. The molecule has 15 heteroatoms. The molecule has 6 fully saturated rings. The van der Waals surface area contributed by atoms with E-state index < -0.39 is 73.1 Å². The third-order valence-electron chi connectivity index (χ3n) is 14.5. The number of fused-ring (bicyclic) bond motifs is 5. The normalized spacial score (nSPS) is 52.3. The van der Waals surface area contributed by atoms with Crippen molar-refractivity contribution in [1.82, 2.24) is 0 Å². The highest BCUT2D eigenvalue weighted by Crippen LogP contribution is 2.70. The molecule has 0 amide bonds. The molecule has 7 aliphatic rings. The van der Waals surface area contributed by atoms with Crippen molar-refractivity contribution in [2.75, 3.05) is 20.3 Å². The molecule has 4 saturated carbocycles. The van der Waals surface area contributed by atoms with Crippen molar-refractivity contribution in [3.8, 4) is 0 Å². The topological polar surface area (TPSA) is 257 Å². The van der Waals surface area contributed by atoms with Crippen molar-refractivity contribution in [2.45, 2.75) is 158 Å². The maximum atomic E-state index is 12.5. The van der Waals surface area contributed by atoms with E-state index in [1.54, 1.807) is 20.1 Å². The van der Waals surface area contributed by atoms with Gasteiger partial charge >= 0.3 is 5.97 Å². The molecule has 294 valence electrons. The molecule has 0 aromatic carbocycles. The zero-order chi connectivity index (χ0) is 35.1. The first kappa shape index (κ1) is 40.9. The molecular formula is C36H60O15. The number of methoxy groups -OCH3 is 1. The average molecular weight is 733 g/mol. The molecule has 4 aliphatic carbocycles. The Morgan fingerprint density at radius 3 is 2.25 bits per heavy atom. The van der Waals surface area contributed by atoms with Crippen molar-refractivity contribution in [2.24, 2.45) is 28.6 Å². The van der Waals surface area contributed by atoms with Crippen molar-refractivity contribution in [1.29, 1.82) is 0 Å². The molecule has 51 heavy (non-hydrogen) atoms. The molecule has 2 saturated heterocycles. The summed E-state index contributed by atoms with van der Waals surface area (Å²) in [5.41, 5.74) is -1.52. The monoisotopic (exact) mass is 732 g/mol. The molecule has 10 N–H and O–H groups in total. The molecule has 0 aromatic heterocycles. The molecule has 0 unspecified atom stereocenters. The minimum Gasteiger partial charge on any atom is -0.458 e. The van der Waals surface area contributed by atoms with Gasteiger partial charge in [0, 0.05) is 31.4 Å². The largest absolute Gasteiger partial charge is 0.458 e. The fraction of sp³-hybridized carbons (Fsp3) is 0.917. The van der Waals surface area contributed by atoms with Crippen LogP contribution in [0.4, 0.5) is 0 Å². The van der Waals surface area contributed by atoms with Crippen LogP contribution in [0.2, 0.25) is 0 Å². The summed E-state index contributed by atoms with van der Waals surface area (Å²) < 4.78 is 35.4. The van der Waals surface area contributed by atoms with Crippen LogP contribution in [0, 0.1) is 28.6 Å². The summed E-state index contributed by atoms with van der Waals surface area (Å²) in [6.45, 7) is 5.98. The van der Waals surface area contributed by atoms with E-state index in [1.807, 2.05) is 0 Å². The molecule has 15 nitrogen and oxygen atoms in total. The number of hydrogen-bond acceptors (Lipinski definition) is 13. The predicted octanol–water partition coefficient (Wildman–Crippen LogP) is -0.571. The molecule has 3 aliphatic heterocycles. The van der Waals surface area contributed by atoms with E-state index in [9.17, 15) is 35.4 Å². The molecule has 0 aromatic rings. The highest BCUT2D eigenvalue weighted by atomic mass is 16.7. The van der Waals surface area contributed by atoms with Gasteiger partial charge in [-0.2, -0.15) is 0 Å². The molecule has 0 radical (unpaired) electrons. The number of carbonyl (C=O) groups is 1. The lowest BCUT2D eigenvalue weighted by Gasteiger charge is -2.66. The second kappa shape index (κ2) is 14.7. The van der Waals surface area contributed by atoms with Gasteiger partial charge in [0.05, 0.1) is 36.1 Å². The summed E-state index contributed by atoms with van der Waals surface area (Å²) >= 11 is 0. The van der Waals surface area contributed by atoms with Gasteiger partial charge in [-0.25, -0.2) is 4.79 Å². The van der Waals surface area contributed by atoms with Crippen LogP contribution < -0.4 is 0 Å². The number of ether oxygens (including phenoxy) is 6. The van der Waals surface area contributed by atoms with Crippen LogP contribution in [0.1, 0.15) is 85.0 Å². The lowest BCUT2D eigenvalue weighted by Crippen LogP contribution is -2.67. The number of aliphatic hydroxyl groups is 6. The van der Waals surface area contributed by atoms with Gasteiger partial charge in [-0.3, -0.25) is 0 Å². The average Bonchev–Trinajstić information content (AvgIpc) is 3.61. The lowest BCUT2D eigenvalue weighted by molar-refractivity contribution is -0.347. The van der Waals surface area contributed by atoms with E-state index in [4.69, 9.17) is 28.4 Å². The second-order valence-corrected chi connectivity index (χ2v) is 16.6. The van der Waals surface area contributed by atoms with Gasteiger partial charge in [0.1, 0.15) is 37.1 Å². The quantitative estimate of drug-likeness (QED) is 0.142. The van der Waals surface area contributed by atoms with Crippen molar-refractivity contribution in [3.63, 3.8) is 0 Å². The third-order valence-corrected chi connectivity index (χ3v) is 14.5. The Bertz CT molecular complexity index is 1280. The molecule has 17 atom stereocenters. The summed E-state index contributed by atoms with van der Waals surface area (Å²) in [5, 5.41) is 65.4. The maximum absolute atomic E-state index is 12.5. The Morgan fingerprint density at radius 2 is 1.59 bits per heavy atom. The number of hydrogen-bond donors (Lipinski definition) is 6. The number of carbonyl (C=O) groups excluding carboxylic acids is 1. The van der Waals surface area contributed by atoms with E-state index in [1.165, 1.54) is 0 Å². The fourth-order valence-electron chi connectivity index (χ4n) is 11.5. The van der Waals surface area contributed by atoms with E-state index in [0.29, 0.717) is 32.3 Å². The van der Waals surface area contributed by atoms with Gasteiger partial charge in [0.25, 0.3) is 0 Å². The van der Waals surface area contributed by atoms with E-state index in [-0.39, 0.29) is 51.6 Å². The van der Waals surface area contributed by atoms with Crippen LogP contribution in [0.15, 0.2) is 11.6 Å². The smallest absolute Gasteiger partial charge is 0.331 e. The van der Waals surface area contributed by atoms with Crippen molar-refractivity contribution < 1.29 is 74.8 Å². The Labute approximate surface area is 298 Å². The van der Waals surface area contributed by atoms with Crippen LogP contribution >= 0.6 is 0 Å². The van der Waals surface area contributed by atoms with Gasteiger partial charge in [-0.15, -0.1) is 0 Å². The summed E-state index contributed by atoms with van der Waals surface area (Å²) in [6, 6.07) is 0. The predicted molar refractivity (Wildman–Crippen MR) is 178 cm³/mol. The van der Waals surface area contributed by atoms with Gasteiger partial charge in [0.15, 0.2) is 12.6 Å². The highest BCUT2D eigenvalue weighted by Gasteiger charge is 2.70. The molecule has 0 spiro atoms. The zero-order valence-corrected chi connectivity index (χ0v) is 30.1. The van der Waals surface area contributed by atoms with Gasteiger partial charge in [-0.1, -0.05) is 13.8 Å². The van der Waals surface area contributed by atoms with Crippen LogP contribution in [-0.4, -0.2) is 140 Å². The first-order valence-corrected chi connectivity index (χ1v) is 18.3. The van der Waals surface area contributed by atoms with Crippen molar-refractivity contribution >= 4 is 5.97 Å². The van der Waals surface area contributed by atoms with Crippen LogP contribution in [0.5, 0.6) is 0 Å². The lowest BCUT2D eigenvalue weighted by atomic mass is 9.42. The summed E-state index contributed by atoms with van der Waals surface area (Å²) in [6.07, 6.45) is -1.10. The third kappa shape index (κ3) is 6.41.